The fourth-order valence-electron chi connectivity index (χ4n) is 4.84. The Hall–Kier alpha value is -3.50. The molecule has 260 valence electrons. The number of hydrogen-bond donors (Lipinski definition) is 2. The van der Waals surface area contributed by atoms with Crippen molar-refractivity contribution in [2.75, 3.05) is 13.2 Å². The Kier molecular flexibility index (Phi) is 10.3. The molecule has 1 saturated heterocycles. The van der Waals surface area contributed by atoms with Gasteiger partial charge in [0.05, 0.1) is 23.0 Å². The first-order valence-corrected chi connectivity index (χ1v) is 14.4. The van der Waals surface area contributed by atoms with Crippen LogP contribution in [0.1, 0.15) is 18.0 Å². The second kappa shape index (κ2) is 13.8. The second-order valence-electron chi connectivity index (χ2n) is 10.1. The Balaban J connectivity index is 1.64. The van der Waals surface area contributed by atoms with Gasteiger partial charge in [-0.2, -0.15) is 8.78 Å². The summed E-state index contributed by atoms with van der Waals surface area (Å²) >= 11 is 8.84. The van der Waals surface area contributed by atoms with Crippen molar-refractivity contribution in [2.45, 2.75) is 49.2 Å². The van der Waals surface area contributed by atoms with Gasteiger partial charge in [0, 0.05) is 10.6 Å². The highest BCUT2D eigenvalue weighted by Gasteiger charge is 2.52. The van der Waals surface area contributed by atoms with Crippen LogP contribution < -0.4 is 4.74 Å². The molecule has 2 N–H and O–H groups in total. The van der Waals surface area contributed by atoms with Gasteiger partial charge in [-0.3, -0.25) is 4.57 Å². The summed E-state index contributed by atoms with van der Waals surface area (Å²) < 4.78 is 140. The monoisotopic (exact) mass is 780 g/mol. The maximum atomic E-state index is 14.7. The van der Waals surface area contributed by atoms with Crippen LogP contribution in [0.25, 0.3) is 16.9 Å². The molecule has 22 heteroatoms. The minimum absolute atomic E-state index is 0.110. The number of alkyl halides is 7. The number of halogens is 11. The van der Waals surface area contributed by atoms with Crippen LogP contribution in [0.4, 0.5) is 39.5 Å². The van der Waals surface area contributed by atoms with Crippen LogP contribution in [0.15, 0.2) is 47.3 Å². The molecule has 5 atom stereocenters. The highest BCUT2D eigenvalue weighted by molar-refractivity contribution is 9.10. The van der Waals surface area contributed by atoms with Gasteiger partial charge >= 0.3 is 18.7 Å². The molecule has 11 nitrogen and oxygen atoms in total. The fraction of sp³-hybridized carbons (Fsp3) is 0.385. The molecule has 0 saturated carbocycles. The molecule has 1 aliphatic heterocycles. The molecule has 2 aromatic carbocycles. The number of aliphatic hydroxyl groups is 2. The van der Waals surface area contributed by atoms with Gasteiger partial charge in [-0.05, 0) is 46.3 Å². The molecule has 0 amide bonds. The Morgan fingerprint density at radius 1 is 1.06 bits per heavy atom. The lowest BCUT2D eigenvalue weighted by Crippen LogP contribution is -2.55. The van der Waals surface area contributed by atoms with Crippen LogP contribution in [-0.4, -0.2) is 90.2 Å². The molecular formula is C26H19BrClF9N6O5. The van der Waals surface area contributed by atoms with Crippen molar-refractivity contribution < 1.29 is 63.9 Å². The van der Waals surface area contributed by atoms with E-state index in [1.807, 2.05) is 0 Å². The van der Waals surface area contributed by atoms with Crippen molar-refractivity contribution in [3.63, 3.8) is 0 Å². The van der Waals surface area contributed by atoms with E-state index < -0.39 is 96.8 Å². The largest absolute Gasteiger partial charge is 0.573 e. The highest BCUT2D eigenvalue weighted by atomic mass is 79.9. The minimum atomic E-state index is -5.20. The third-order valence-electron chi connectivity index (χ3n) is 7.02. The maximum absolute atomic E-state index is 14.7. The smallest absolute Gasteiger partial charge is 0.404 e. The van der Waals surface area contributed by atoms with Gasteiger partial charge in [0.25, 0.3) is 0 Å². The zero-order chi connectivity index (χ0) is 35.1. The van der Waals surface area contributed by atoms with Crippen LogP contribution >= 0.6 is 27.5 Å². The normalized spacial score (nSPS) is 22.0. The molecule has 3 heterocycles. The molecule has 0 aliphatic carbocycles. The quantitative estimate of drug-likeness (QED) is 0.160. The summed E-state index contributed by atoms with van der Waals surface area (Å²) in [5, 5.41) is 36.1. The molecule has 4 aromatic rings. The summed E-state index contributed by atoms with van der Waals surface area (Å²) in [7, 11) is 0. The first-order valence-electron chi connectivity index (χ1n) is 13.3. The predicted octanol–water partition coefficient (Wildman–Crippen LogP) is 5.44. The molecule has 1 fully saturated rings. The molecular weight excluding hydrogens is 763 g/mol. The Bertz CT molecular complexity index is 1760. The molecule has 2 aromatic heterocycles. The van der Waals surface area contributed by atoms with E-state index in [4.69, 9.17) is 21.1 Å². The fourth-order valence-corrected chi connectivity index (χ4v) is 5.32. The molecule has 0 radical (unpaired) electrons. The average Bonchev–Trinajstić information content (AvgIpc) is 3.70. The van der Waals surface area contributed by atoms with E-state index in [1.165, 1.54) is 0 Å². The number of aromatic nitrogens is 6. The molecule has 48 heavy (non-hydrogen) atoms. The maximum Gasteiger partial charge on any atom is 0.573 e. The van der Waals surface area contributed by atoms with Gasteiger partial charge in [-0.25, -0.2) is 22.2 Å². The standard InChI is InChI=1S/C26H19BrClF9N6O5/c27-12-3-2-11(17(29)18(12)30)13-6-43(41-39-13)19-20(45)16(7-44)47-22(21(19)46-8-25(33,34)24(31)32)23-40-38-9-42(23)14-5-10(28)1-4-15(14)48-26(35,36)37/h1-6,9,16,19-22,24,44-45H,7-8H2/t16-,19+,20+,21-,22-/m1/s1. The van der Waals surface area contributed by atoms with E-state index in [2.05, 4.69) is 41.2 Å². The topological polar surface area (TPSA) is 130 Å². The van der Waals surface area contributed by atoms with Crippen LogP contribution in [0.2, 0.25) is 5.02 Å². The van der Waals surface area contributed by atoms with Crippen molar-refractivity contribution in [3.8, 4) is 22.7 Å². The summed E-state index contributed by atoms with van der Waals surface area (Å²) in [5.41, 5.74) is -1.24. The molecule has 0 spiro atoms. The number of aliphatic hydroxyl groups excluding tert-OH is 2. The first-order chi connectivity index (χ1) is 22.5. The molecule has 5 rings (SSSR count). The summed E-state index contributed by atoms with van der Waals surface area (Å²) in [4.78, 5) is 0. The summed E-state index contributed by atoms with van der Waals surface area (Å²) in [6.45, 7) is -2.97. The van der Waals surface area contributed by atoms with Crippen molar-refractivity contribution in [3.05, 3.63) is 69.8 Å². The lowest BCUT2D eigenvalue weighted by atomic mass is 9.91. The second-order valence-corrected chi connectivity index (χ2v) is 11.4. The summed E-state index contributed by atoms with van der Waals surface area (Å²) in [5.74, 6) is -8.80. The van der Waals surface area contributed by atoms with Gasteiger partial charge in [-0.15, -0.1) is 28.5 Å². The van der Waals surface area contributed by atoms with Crippen molar-refractivity contribution >= 4 is 27.5 Å². The van der Waals surface area contributed by atoms with E-state index >= 15 is 0 Å². The van der Waals surface area contributed by atoms with E-state index in [1.54, 1.807) is 0 Å². The third-order valence-corrected chi connectivity index (χ3v) is 7.86. The minimum Gasteiger partial charge on any atom is -0.404 e. The zero-order valence-electron chi connectivity index (χ0n) is 23.4. The van der Waals surface area contributed by atoms with E-state index in [0.717, 1.165) is 52.1 Å². The summed E-state index contributed by atoms with van der Waals surface area (Å²) in [6.07, 6.45) is -15.1. The SMILES string of the molecule is OC[C@H]1O[C@@H](c2nncn2-c2cc(Cl)ccc2OC(F)(F)F)[C@H](OCC(F)(F)C(F)F)[C@@H](n2cc(-c3ccc(Br)c(F)c3F)nn2)[C@H]1O. The van der Waals surface area contributed by atoms with Crippen LogP contribution in [0.5, 0.6) is 5.75 Å². The number of rotatable bonds is 10. The Morgan fingerprint density at radius 2 is 1.79 bits per heavy atom. The lowest BCUT2D eigenvalue weighted by molar-refractivity contribution is -0.274. The predicted molar refractivity (Wildman–Crippen MR) is 147 cm³/mol. The van der Waals surface area contributed by atoms with Gasteiger partial charge in [-0.1, -0.05) is 16.8 Å². The van der Waals surface area contributed by atoms with Crippen LogP contribution in [0.3, 0.4) is 0 Å². The number of nitrogens with zero attached hydrogens (tertiary/aromatic N) is 6. The first kappa shape index (κ1) is 35.8. The van der Waals surface area contributed by atoms with Gasteiger partial charge in [0.1, 0.15) is 49.1 Å². The zero-order valence-corrected chi connectivity index (χ0v) is 25.7. The molecule has 0 bridgehead atoms. The number of ether oxygens (including phenoxy) is 3. The third kappa shape index (κ3) is 7.25. The van der Waals surface area contributed by atoms with Crippen molar-refractivity contribution in [1.29, 1.82) is 0 Å². The molecule has 0 unspecified atom stereocenters. The van der Waals surface area contributed by atoms with Crippen molar-refractivity contribution in [1.82, 2.24) is 29.8 Å². The average molecular weight is 782 g/mol. The van der Waals surface area contributed by atoms with E-state index in [-0.39, 0.29) is 15.2 Å². The Morgan fingerprint density at radius 3 is 2.46 bits per heavy atom. The van der Waals surface area contributed by atoms with Crippen LogP contribution in [-0.2, 0) is 9.47 Å². The summed E-state index contributed by atoms with van der Waals surface area (Å²) in [6, 6.07) is 3.37. The lowest BCUT2D eigenvalue weighted by Gasteiger charge is -2.44. The molecule has 1 aliphatic rings. The van der Waals surface area contributed by atoms with Crippen LogP contribution in [0, 0.1) is 11.6 Å². The van der Waals surface area contributed by atoms with E-state index in [9.17, 15) is 49.7 Å². The van der Waals surface area contributed by atoms with E-state index in [0.29, 0.717) is 0 Å². The van der Waals surface area contributed by atoms with Gasteiger partial charge < -0.3 is 24.4 Å². The van der Waals surface area contributed by atoms with Gasteiger partial charge in [0.15, 0.2) is 23.2 Å². The Labute approximate surface area is 275 Å². The van der Waals surface area contributed by atoms with Gasteiger partial charge in [0.2, 0.25) is 0 Å². The highest BCUT2D eigenvalue weighted by Crippen LogP contribution is 2.42. The number of hydrogen-bond acceptors (Lipinski definition) is 9. The number of benzene rings is 2. The van der Waals surface area contributed by atoms with Crippen molar-refractivity contribution in [2.24, 2.45) is 0 Å².